The Balaban J connectivity index is 0.000000377. The summed E-state index contributed by atoms with van der Waals surface area (Å²) in [4.78, 5) is 56.3. The molecule has 0 aromatic heterocycles. The Morgan fingerprint density at radius 3 is 1.52 bits per heavy atom. The van der Waals surface area contributed by atoms with Crippen LogP contribution >= 0.6 is 0 Å². The van der Waals surface area contributed by atoms with E-state index in [1.807, 2.05) is 81.3 Å². The largest absolute Gasteiger partial charge is 0.457 e. The number of hydrogen-bond acceptors (Lipinski definition) is 16. The molecule has 9 rings (SSSR count). The average Bonchev–Trinajstić information content (AvgIpc) is 0.730. The van der Waals surface area contributed by atoms with Crippen molar-refractivity contribution in [1.82, 2.24) is 10.2 Å². The van der Waals surface area contributed by atoms with E-state index in [2.05, 4.69) is 39.9 Å². The van der Waals surface area contributed by atoms with Gasteiger partial charge in [0.2, 0.25) is 5.91 Å². The molecule has 6 aliphatic carbocycles. The molecule has 4 bridgehead atoms. The fourth-order valence-corrected chi connectivity index (χ4v) is 20.3. The summed E-state index contributed by atoms with van der Waals surface area (Å²) in [6.45, 7) is 37.1. The number of ether oxygens (including phenoxy) is 4. The molecule has 504 valence electrons. The third kappa shape index (κ3) is 12.5. The maximum atomic E-state index is 14.2. The molecule has 3 saturated heterocycles. The second-order valence-corrected chi connectivity index (χ2v) is 30.9. The molecule has 6 unspecified atom stereocenters. The molecule has 17 nitrogen and oxygen atoms in total. The van der Waals surface area contributed by atoms with Gasteiger partial charge >= 0.3 is 5.97 Å². The number of ketones is 2. The van der Waals surface area contributed by atoms with E-state index in [4.69, 9.17) is 18.9 Å². The molecule has 1 amide bonds. The normalized spacial score (nSPS) is 43.9. The minimum Gasteiger partial charge on any atom is -0.457 e. The van der Waals surface area contributed by atoms with Crippen LogP contribution in [0.2, 0.25) is 0 Å². The minimum atomic E-state index is -1.66. The molecule has 7 fully saturated rings. The van der Waals surface area contributed by atoms with Crippen LogP contribution in [0.5, 0.6) is 0 Å². The Kier molecular flexibility index (Phi) is 29.7. The molecule has 21 heteroatoms. The van der Waals surface area contributed by atoms with Gasteiger partial charge < -0.3 is 64.9 Å². The number of esters is 1. The Morgan fingerprint density at radius 2 is 1.12 bits per heavy atom. The Hall–Kier alpha value is 3.09. The number of amides is 1. The van der Waals surface area contributed by atoms with Crippen LogP contribution in [0.1, 0.15) is 215 Å². The number of unbranched alkanes of at least 4 members (excludes halogenated alkanes) is 1. The van der Waals surface area contributed by atoms with Crippen LogP contribution < -0.4 is 5.32 Å². The molecule has 3 heterocycles. The fourth-order valence-electron chi connectivity index (χ4n) is 20.3. The van der Waals surface area contributed by atoms with Crippen molar-refractivity contribution in [2.45, 2.75) is 291 Å². The number of nitrogens with zero attached hydrogens (tertiary/aromatic N) is 1. The number of aliphatic hydroxyl groups excluding tert-OH is 3. The summed E-state index contributed by atoms with van der Waals surface area (Å²) in [6, 6.07) is 0. The van der Waals surface area contributed by atoms with Crippen LogP contribution in [0.3, 0.4) is 0 Å². The quantitative estimate of drug-likeness (QED) is 0.0464. The Labute approximate surface area is 683 Å². The Bertz CT molecular complexity index is 2700. The van der Waals surface area contributed by atoms with Gasteiger partial charge in [0.15, 0.2) is 11.6 Å². The second-order valence-electron chi connectivity index (χ2n) is 30.9. The summed E-state index contributed by atoms with van der Waals surface area (Å²) >= 11 is 0. The number of likely N-dealkylation sites (tertiary alicyclic amines) is 1. The van der Waals surface area contributed by atoms with Crippen LogP contribution in [0, 0.1) is 238 Å². The van der Waals surface area contributed by atoms with Crippen molar-refractivity contribution in [3.05, 3.63) is 22.3 Å². The number of hydrogen-bond donors (Lipinski definition) is 8. The number of nitrogens with one attached hydrogen (secondary N) is 1. The van der Waals surface area contributed by atoms with Gasteiger partial charge in [0, 0.05) is 243 Å². The van der Waals surface area contributed by atoms with Crippen molar-refractivity contribution >= 4 is 23.4 Å². The molecule has 3 aliphatic heterocycles. The van der Waals surface area contributed by atoms with Gasteiger partial charge in [0.1, 0.15) is 29.5 Å². The number of carbonyl (C=O) groups is 4. The van der Waals surface area contributed by atoms with E-state index in [1.165, 1.54) is 19.3 Å². The SMILES string of the molecule is CCCC(C)(NC)C(C)(CC)C(=O)O[C@H]1C[C@@]2(O)[C@@H](C)C3[C@]4(O)CO[C@@H]4C[C@H](O)[C@@]3(C)C(=O)[C@H](O)C(=C1C)C2(C)C.CCCCC1(CCC)N(C)C(=O)C1(C)CC.CO[C@H]1C[C@@]2(O)[C@@H](C)C3[C@]4(O)CO[C@@H]4C[C@H](C)[C@@]3(C)C(=O)[C@H](O)C(=C1C)C2(C)C.[Ac].[Ac].[Ac].[Ac]. The summed E-state index contributed by atoms with van der Waals surface area (Å²) in [7, 11) is 5.42. The number of β-lactam (4-membered cyclic amide) rings is 1. The summed E-state index contributed by atoms with van der Waals surface area (Å²) in [5.41, 5.74) is -9.10. The molecule has 9 aliphatic rings. The molecule has 4 radical (unpaired) electrons. The van der Waals surface area contributed by atoms with E-state index in [0.717, 1.165) is 37.7 Å². The maximum absolute atomic E-state index is 14.2. The van der Waals surface area contributed by atoms with Gasteiger partial charge in [-0.1, -0.05) is 116 Å². The molecular weight excluding hydrogens is 2000 g/mol. The molecule has 8 N–H and O–H groups in total. The van der Waals surface area contributed by atoms with Crippen molar-refractivity contribution in [1.29, 1.82) is 0 Å². The first kappa shape index (κ1) is 87.3. The van der Waals surface area contributed by atoms with Crippen LogP contribution in [0.4, 0.5) is 0 Å². The van der Waals surface area contributed by atoms with Crippen molar-refractivity contribution in [3.8, 4) is 0 Å². The van der Waals surface area contributed by atoms with E-state index >= 15 is 0 Å². The summed E-state index contributed by atoms with van der Waals surface area (Å²) < 4.78 is 23.3. The fraction of sp³-hybridized carbons (Fsp3) is 0.884. The average molecular weight is 2120 g/mol. The number of methoxy groups -OCH3 is 1. The Morgan fingerprint density at radius 1 is 0.678 bits per heavy atom. The molecule has 22 atom stereocenters. The first-order valence-electron chi connectivity index (χ1n) is 32.9. The predicted octanol–water partition coefficient (Wildman–Crippen LogP) is 8.12. The monoisotopic (exact) mass is 2120 g/mol. The zero-order chi connectivity index (χ0) is 65.3. The third-order valence-corrected chi connectivity index (χ3v) is 27.1. The molecule has 4 saturated carbocycles. The van der Waals surface area contributed by atoms with Crippen molar-refractivity contribution in [2.24, 2.45) is 62.1 Å². The van der Waals surface area contributed by atoms with E-state index in [1.54, 1.807) is 41.7 Å². The topological polar surface area (TPSA) is 262 Å². The smallest absolute Gasteiger partial charge is 0.314 e. The van der Waals surface area contributed by atoms with Gasteiger partial charge in [-0.3, -0.25) is 19.2 Å². The molecule has 0 aromatic carbocycles. The summed E-state index contributed by atoms with van der Waals surface area (Å²) in [5, 5.41) is 86.3. The first-order valence-corrected chi connectivity index (χ1v) is 32.9. The number of aliphatic hydroxyl groups is 7. The van der Waals surface area contributed by atoms with Gasteiger partial charge in [-0.25, -0.2) is 0 Å². The van der Waals surface area contributed by atoms with E-state index < -0.39 is 121 Å². The number of carbonyl (C=O) groups excluding carboxylic acids is 4. The molecule has 0 spiro atoms. The van der Waals surface area contributed by atoms with Gasteiger partial charge in [0.25, 0.3) is 0 Å². The number of Topliss-reactive ketones (excluding diaryl/α,β-unsaturated/α-hetero) is 2. The third-order valence-electron chi connectivity index (χ3n) is 27.1. The summed E-state index contributed by atoms with van der Waals surface area (Å²) in [5.74, 6) is -3.58. The standard InChI is InChI=1S/C32H53NO8.C23H36O6.C14H27NO.4Ac/c1-11-13-29(8,33-10)28(7,12-2)26(37)41-19-15-32(39)18(4)24-30(9,20(34)14-21-31(24,38)16-40-21)25(36)23(35)22(17(19)3)27(32,5)6;1-11-8-15-22(26,10-29-15)18-13(3)23(27)9-14(28-7)12(2)16(20(23,4)5)17(24)19(25)21(11,18)6;1-6-9-11-14(10-7-2)13(4,8-3)12(16)15(14)5;;;;/h18-21,23-24,33-35,38-39H,11-16H2,1-10H3;11,13-15,17-18,24,26-27H,8-10H2,1-7H3;6-11H2,1-5H3;;;;/t18-,19-,20-,21+,23+,24?,28?,29?,30+,31-,32+;11-,13-,14-,15+,17+,18?,21+,22-,23+;;;;;/m00...../s1. The molecule has 90 heavy (non-hydrogen) atoms. The maximum Gasteiger partial charge on any atom is 0.314 e. The molecular formula is C69H116Ac4N2O15. The zero-order valence-electron chi connectivity index (χ0n) is 59.2. The van der Waals surface area contributed by atoms with E-state index in [0.29, 0.717) is 41.9 Å². The van der Waals surface area contributed by atoms with Crippen LogP contribution in [0.25, 0.3) is 0 Å². The van der Waals surface area contributed by atoms with Gasteiger partial charge in [0.05, 0.1) is 70.6 Å². The van der Waals surface area contributed by atoms with E-state index in [9.17, 15) is 54.9 Å². The van der Waals surface area contributed by atoms with Crippen molar-refractivity contribution < 1.29 is 250 Å². The number of fused-ring (bicyclic) bond motifs is 10. The van der Waals surface area contributed by atoms with Gasteiger partial charge in [-0.05, 0) is 127 Å². The summed E-state index contributed by atoms with van der Waals surface area (Å²) in [6.07, 6.45) is 3.58. The van der Waals surface area contributed by atoms with Crippen LogP contribution in [-0.4, -0.2) is 175 Å². The van der Waals surface area contributed by atoms with Crippen LogP contribution in [0.15, 0.2) is 22.3 Å². The van der Waals surface area contributed by atoms with Gasteiger partial charge in [-0.15, -0.1) is 0 Å². The number of rotatable bonds is 14. The second kappa shape index (κ2) is 30.6. The van der Waals surface area contributed by atoms with Crippen molar-refractivity contribution in [2.75, 3.05) is 34.4 Å². The van der Waals surface area contributed by atoms with Gasteiger partial charge in [-0.2, -0.15) is 0 Å². The van der Waals surface area contributed by atoms with Crippen molar-refractivity contribution in [3.63, 3.8) is 0 Å². The van der Waals surface area contributed by atoms with Crippen LogP contribution in [-0.2, 0) is 38.1 Å². The first-order chi connectivity index (χ1) is 39.6. The predicted molar refractivity (Wildman–Crippen MR) is 329 cm³/mol. The minimum absolute atomic E-state index is 0. The molecule has 0 aromatic rings. The zero-order valence-corrected chi connectivity index (χ0v) is 78.2. The van der Waals surface area contributed by atoms with E-state index in [-0.39, 0.29) is 237 Å².